The molecule has 1 rings (SSSR count). The highest BCUT2D eigenvalue weighted by Crippen LogP contribution is 2.29. The van der Waals surface area contributed by atoms with Gasteiger partial charge in [-0.05, 0) is 31.3 Å². The van der Waals surface area contributed by atoms with Crippen LogP contribution in [0.15, 0.2) is 0 Å². The molecule has 1 aliphatic carbocycles. The van der Waals surface area contributed by atoms with E-state index < -0.39 is 0 Å². The Balaban J connectivity index is 2.01. The van der Waals surface area contributed by atoms with Crippen molar-refractivity contribution in [2.45, 2.75) is 46.0 Å². The van der Waals surface area contributed by atoms with Crippen LogP contribution in [0.25, 0.3) is 0 Å². The Morgan fingerprint density at radius 3 is 2.42 bits per heavy atom. The van der Waals surface area contributed by atoms with E-state index in [0.717, 1.165) is 18.4 Å². The lowest BCUT2D eigenvalue weighted by Gasteiger charge is -2.25. The molecule has 0 aliphatic heterocycles. The minimum absolute atomic E-state index is 1.00. The van der Waals surface area contributed by atoms with Crippen LogP contribution in [-0.4, -0.2) is 13.1 Å². The van der Waals surface area contributed by atoms with E-state index in [9.17, 15) is 0 Å². The normalized spacial score (nSPS) is 30.5. The first kappa shape index (κ1) is 10.0. The van der Waals surface area contributed by atoms with Crippen molar-refractivity contribution in [3.63, 3.8) is 0 Å². The molecule has 12 heavy (non-hydrogen) atoms. The minimum atomic E-state index is 1.00. The Bertz CT molecular complexity index is 104. The maximum absolute atomic E-state index is 3.41. The summed E-state index contributed by atoms with van der Waals surface area (Å²) in [5.41, 5.74) is 0. The maximum Gasteiger partial charge on any atom is -0.00464 e. The lowest BCUT2D eigenvalue weighted by atomic mass is 9.81. The summed E-state index contributed by atoms with van der Waals surface area (Å²) in [7, 11) is 0. The minimum Gasteiger partial charge on any atom is -0.317 e. The predicted molar refractivity (Wildman–Crippen MR) is 54.3 cm³/mol. The third kappa shape index (κ3) is 3.57. The summed E-state index contributed by atoms with van der Waals surface area (Å²) in [6, 6.07) is 0. The average molecular weight is 169 g/mol. The van der Waals surface area contributed by atoms with E-state index in [4.69, 9.17) is 0 Å². The topological polar surface area (TPSA) is 12.0 Å². The zero-order valence-corrected chi connectivity index (χ0v) is 8.60. The smallest absolute Gasteiger partial charge is 0.00464 e. The van der Waals surface area contributed by atoms with E-state index >= 15 is 0 Å². The monoisotopic (exact) mass is 169 g/mol. The Labute approximate surface area is 76.9 Å². The van der Waals surface area contributed by atoms with Crippen LogP contribution in [-0.2, 0) is 0 Å². The molecule has 1 N–H and O–H groups in total. The lowest BCUT2D eigenvalue weighted by Crippen LogP contribution is -2.20. The van der Waals surface area contributed by atoms with E-state index in [1.165, 1.54) is 38.6 Å². The van der Waals surface area contributed by atoms with Crippen LogP contribution in [0, 0.1) is 11.8 Å². The van der Waals surface area contributed by atoms with Crippen molar-refractivity contribution in [2.24, 2.45) is 11.8 Å². The first-order valence-corrected chi connectivity index (χ1v) is 5.53. The highest BCUT2D eigenvalue weighted by atomic mass is 14.8. The molecule has 0 atom stereocenters. The molecule has 1 aliphatic rings. The van der Waals surface area contributed by atoms with Crippen molar-refractivity contribution < 1.29 is 0 Å². The molecule has 0 aromatic carbocycles. The second-order valence-corrected chi connectivity index (χ2v) is 4.27. The molecule has 1 heteroatoms. The molecule has 0 bridgehead atoms. The summed E-state index contributed by atoms with van der Waals surface area (Å²) in [5.74, 6) is 2.03. The molecule has 1 nitrogen and oxygen atoms in total. The van der Waals surface area contributed by atoms with Crippen LogP contribution in [0.2, 0.25) is 0 Å². The lowest BCUT2D eigenvalue weighted by molar-refractivity contribution is 0.276. The number of hydrogen-bond acceptors (Lipinski definition) is 1. The van der Waals surface area contributed by atoms with Gasteiger partial charge in [0.25, 0.3) is 0 Å². The van der Waals surface area contributed by atoms with Gasteiger partial charge < -0.3 is 5.32 Å². The third-order valence-corrected chi connectivity index (χ3v) is 3.11. The molecule has 0 unspecified atom stereocenters. The van der Waals surface area contributed by atoms with Gasteiger partial charge in [0.1, 0.15) is 0 Å². The standard InChI is InChI=1S/C11H23N/c1-3-12-9-8-11-6-4-10(2)5-7-11/h10-12H,3-9H2,1-2H3/t10-,11-. The fraction of sp³-hybridized carbons (Fsp3) is 1.00. The Morgan fingerprint density at radius 1 is 1.17 bits per heavy atom. The highest BCUT2D eigenvalue weighted by molar-refractivity contribution is 4.70. The third-order valence-electron chi connectivity index (χ3n) is 3.11. The number of nitrogens with one attached hydrogen (secondary N) is 1. The van der Waals surface area contributed by atoms with Gasteiger partial charge in [-0.1, -0.05) is 39.5 Å². The largest absolute Gasteiger partial charge is 0.317 e. The fourth-order valence-corrected chi connectivity index (χ4v) is 2.10. The predicted octanol–water partition coefficient (Wildman–Crippen LogP) is 2.81. The van der Waals surface area contributed by atoms with Crippen molar-refractivity contribution in [1.82, 2.24) is 5.32 Å². The van der Waals surface area contributed by atoms with Gasteiger partial charge in [-0.25, -0.2) is 0 Å². The second kappa shape index (κ2) is 5.58. The van der Waals surface area contributed by atoms with Crippen molar-refractivity contribution in [1.29, 1.82) is 0 Å². The van der Waals surface area contributed by atoms with Crippen molar-refractivity contribution >= 4 is 0 Å². The van der Waals surface area contributed by atoms with Crippen LogP contribution in [0.3, 0.4) is 0 Å². The molecule has 72 valence electrons. The van der Waals surface area contributed by atoms with Crippen LogP contribution in [0.1, 0.15) is 46.0 Å². The van der Waals surface area contributed by atoms with Crippen LogP contribution in [0.4, 0.5) is 0 Å². The van der Waals surface area contributed by atoms with E-state index in [2.05, 4.69) is 19.2 Å². The Hall–Kier alpha value is -0.0400. The summed E-state index contributed by atoms with van der Waals surface area (Å²) >= 11 is 0. The van der Waals surface area contributed by atoms with Gasteiger partial charge in [0.15, 0.2) is 0 Å². The average Bonchev–Trinajstić information content (AvgIpc) is 2.09. The summed E-state index contributed by atoms with van der Waals surface area (Å²) in [5, 5.41) is 3.41. The molecule has 0 heterocycles. The molecule has 1 fully saturated rings. The van der Waals surface area contributed by atoms with E-state index in [-0.39, 0.29) is 0 Å². The van der Waals surface area contributed by atoms with E-state index in [1.54, 1.807) is 0 Å². The van der Waals surface area contributed by atoms with Crippen LogP contribution in [0.5, 0.6) is 0 Å². The molecule has 0 saturated heterocycles. The molecule has 0 aromatic rings. The summed E-state index contributed by atoms with van der Waals surface area (Å²) in [4.78, 5) is 0. The first-order chi connectivity index (χ1) is 5.83. The van der Waals surface area contributed by atoms with E-state index in [1.807, 2.05) is 0 Å². The van der Waals surface area contributed by atoms with Gasteiger partial charge in [-0.3, -0.25) is 0 Å². The van der Waals surface area contributed by atoms with Crippen LogP contribution >= 0.6 is 0 Å². The summed E-state index contributed by atoms with van der Waals surface area (Å²) in [6.45, 7) is 6.93. The molecular formula is C11H23N. The summed E-state index contributed by atoms with van der Waals surface area (Å²) < 4.78 is 0. The second-order valence-electron chi connectivity index (χ2n) is 4.27. The molecule has 1 saturated carbocycles. The van der Waals surface area contributed by atoms with Gasteiger partial charge in [0.05, 0.1) is 0 Å². The first-order valence-electron chi connectivity index (χ1n) is 5.53. The van der Waals surface area contributed by atoms with Crippen molar-refractivity contribution in [3.05, 3.63) is 0 Å². The van der Waals surface area contributed by atoms with Crippen molar-refractivity contribution in [3.8, 4) is 0 Å². The van der Waals surface area contributed by atoms with Crippen LogP contribution < -0.4 is 5.32 Å². The Morgan fingerprint density at radius 2 is 1.83 bits per heavy atom. The van der Waals surface area contributed by atoms with Gasteiger partial charge in [0.2, 0.25) is 0 Å². The quantitative estimate of drug-likeness (QED) is 0.638. The number of hydrogen-bond donors (Lipinski definition) is 1. The zero-order chi connectivity index (χ0) is 8.81. The number of rotatable bonds is 4. The molecule has 0 amide bonds. The van der Waals surface area contributed by atoms with Gasteiger partial charge >= 0.3 is 0 Å². The highest BCUT2D eigenvalue weighted by Gasteiger charge is 2.17. The van der Waals surface area contributed by atoms with E-state index in [0.29, 0.717) is 0 Å². The SMILES string of the molecule is CCNCC[C@H]1CC[C@H](C)CC1. The molecule has 0 aromatic heterocycles. The molecule has 0 spiro atoms. The van der Waals surface area contributed by atoms with Gasteiger partial charge in [0, 0.05) is 0 Å². The molecular weight excluding hydrogens is 146 g/mol. The van der Waals surface area contributed by atoms with Gasteiger partial charge in [-0.15, -0.1) is 0 Å². The Kier molecular flexibility index (Phi) is 4.67. The van der Waals surface area contributed by atoms with Crippen molar-refractivity contribution in [2.75, 3.05) is 13.1 Å². The maximum atomic E-state index is 3.41. The zero-order valence-electron chi connectivity index (χ0n) is 8.60. The fourth-order valence-electron chi connectivity index (χ4n) is 2.10. The molecule has 0 radical (unpaired) electrons. The van der Waals surface area contributed by atoms with Gasteiger partial charge in [-0.2, -0.15) is 0 Å². The summed E-state index contributed by atoms with van der Waals surface area (Å²) in [6.07, 6.45) is 7.30.